The molecule has 116 valence electrons. The molecule has 2 N–H and O–H groups in total. The van der Waals surface area contributed by atoms with E-state index in [9.17, 15) is 9.59 Å². The van der Waals surface area contributed by atoms with Gasteiger partial charge in [0.2, 0.25) is 5.78 Å². The van der Waals surface area contributed by atoms with Gasteiger partial charge in [0.15, 0.2) is 24.7 Å². The number of carbonyl (C=O) groups is 2. The largest absolute Gasteiger partial charge is 0.493 e. The van der Waals surface area contributed by atoms with E-state index in [0.717, 1.165) is 0 Å². The molecule has 22 heavy (non-hydrogen) atoms. The molecular weight excluding hydrogens is 288 g/mol. The number of ketones is 1. The number of ether oxygens (including phenoxy) is 3. The van der Waals surface area contributed by atoms with Crippen LogP contribution in [0.5, 0.6) is 11.5 Å². The number of para-hydroxylation sites is 2. The van der Waals surface area contributed by atoms with Gasteiger partial charge in [-0.3, -0.25) is 4.79 Å². The monoisotopic (exact) mass is 304 g/mol. The van der Waals surface area contributed by atoms with Gasteiger partial charge in [-0.1, -0.05) is 12.1 Å². The molecule has 1 aromatic rings. The maximum Gasteiger partial charge on any atom is 0.344 e. The second-order valence-electron chi connectivity index (χ2n) is 4.19. The van der Waals surface area contributed by atoms with E-state index in [1.165, 1.54) is 14.0 Å². The number of methoxy groups -OCH3 is 1. The average Bonchev–Trinajstić information content (AvgIpc) is 2.51. The number of hydrogen-bond acceptors (Lipinski definition) is 7. The molecule has 7 heteroatoms. The maximum atomic E-state index is 11.6. The standard InChI is InChI=1S/C15H16N2O5/c1-10(17)11(7-16)12(18)8-22-15(19)9-21-14-6-4-3-5-13(14)20-2/h3-6H,8-9,17H2,1-2H3. The number of hydrogen-bond donors (Lipinski definition) is 1. The molecule has 0 saturated carbocycles. The minimum Gasteiger partial charge on any atom is -0.493 e. The summed E-state index contributed by atoms with van der Waals surface area (Å²) in [6.45, 7) is 0.468. The molecule has 0 radical (unpaired) electrons. The fourth-order valence-electron chi connectivity index (χ4n) is 1.51. The maximum absolute atomic E-state index is 11.6. The van der Waals surface area contributed by atoms with Gasteiger partial charge in [-0.2, -0.15) is 5.26 Å². The first-order valence-electron chi connectivity index (χ1n) is 6.30. The molecular formula is C15H16N2O5. The lowest BCUT2D eigenvalue weighted by molar-refractivity contribution is -0.149. The van der Waals surface area contributed by atoms with Crippen LogP contribution < -0.4 is 15.2 Å². The van der Waals surface area contributed by atoms with Gasteiger partial charge in [0.25, 0.3) is 0 Å². The van der Waals surface area contributed by atoms with Crippen molar-refractivity contribution in [1.29, 1.82) is 5.26 Å². The fourth-order valence-corrected chi connectivity index (χ4v) is 1.51. The van der Waals surface area contributed by atoms with Crippen molar-refractivity contribution < 1.29 is 23.8 Å². The Morgan fingerprint density at radius 2 is 1.86 bits per heavy atom. The van der Waals surface area contributed by atoms with Crippen LogP contribution in [-0.2, 0) is 14.3 Å². The lowest BCUT2D eigenvalue weighted by Gasteiger charge is -2.09. The van der Waals surface area contributed by atoms with Gasteiger partial charge in [-0.15, -0.1) is 0 Å². The molecule has 7 nitrogen and oxygen atoms in total. The van der Waals surface area contributed by atoms with Gasteiger partial charge in [-0.05, 0) is 19.1 Å². The van der Waals surface area contributed by atoms with E-state index in [0.29, 0.717) is 11.5 Å². The summed E-state index contributed by atoms with van der Waals surface area (Å²) in [6, 6.07) is 8.45. The molecule has 0 aliphatic rings. The summed E-state index contributed by atoms with van der Waals surface area (Å²) in [4.78, 5) is 23.1. The molecule has 0 fully saturated rings. The van der Waals surface area contributed by atoms with Crippen LogP contribution >= 0.6 is 0 Å². The summed E-state index contributed by atoms with van der Waals surface area (Å²) in [6.07, 6.45) is 0. The summed E-state index contributed by atoms with van der Waals surface area (Å²) in [5.74, 6) is -0.553. The second kappa shape index (κ2) is 8.32. The van der Waals surface area contributed by atoms with E-state index in [2.05, 4.69) is 0 Å². The third kappa shape index (κ3) is 4.83. The van der Waals surface area contributed by atoms with Crippen molar-refractivity contribution in [3.05, 3.63) is 35.5 Å². The highest BCUT2D eigenvalue weighted by atomic mass is 16.6. The van der Waals surface area contributed by atoms with E-state index in [1.54, 1.807) is 30.3 Å². The number of nitrogens with two attached hydrogens (primary N) is 1. The molecule has 0 aliphatic heterocycles. The number of Topliss-reactive ketones (excluding diaryl/α,β-unsaturated/α-hetero) is 1. The van der Waals surface area contributed by atoms with Crippen molar-refractivity contribution in [3.8, 4) is 17.6 Å². The Morgan fingerprint density at radius 3 is 2.41 bits per heavy atom. The summed E-state index contributed by atoms with van der Waals surface area (Å²) in [5.41, 5.74) is 5.23. The molecule has 0 amide bonds. The fraction of sp³-hybridized carbons (Fsp3) is 0.267. The number of esters is 1. The van der Waals surface area contributed by atoms with Gasteiger partial charge >= 0.3 is 5.97 Å². The third-order valence-electron chi connectivity index (χ3n) is 2.56. The molecule has 0 aromatic heterocycles. The molecule has 0 atom stereocenters. The molecule has 0 spiro atoms. The predicted octanol–water partition coefficient (Wildman–Crippen LogP) is 0.943. The SMILES string of the molecule is COc1ccccc1OCC(=O)OCC(=O)C(C#N)=C(C)N. The minimum absolute atomic E-state index is 0.0776. The van der Waals surface area contributed by atoms with E-state index in [1.807, 2.05) is 0 Å². The first kappa shape index (κ1) is 17.0. The Bertz CT molecular complexity index is 627. The number of nitrogens with zero attached hydrogens (tertiary/aromatic N) is 1. The molecule has 0 bridgehead atoms. The molecule has 0 unspecified atom stereocenters. The molecule has 0 heterocycles. The zero-order valence-electron chi connectivity index (χ0n) is 12.3. The number of carbonyl (C=O) groups excluding carboxylic acids is 2. The average molecular weight is 304 g/mol. The van der Waals surface area contributed by atoms with E-state index in [4.69, 9.17) is 25.2 Å². The summed E-state index contributed by atoms with van der Waals surface area (Å²) < 4.78 is 15.0. The van der Waals surface area contributed by atoms with Crippen molar-refractivity contribution in [3.63, 3.8) is 0 Å². The van der Waals surface area contributed by atoms with Crippen molar-refractivity contribution in [2.75, 3.05) is 20.3 Å². The van der Waals surface area contributed by atoms with E-state index in [-0.39, 0.29) is 17.9 Å². The normalized spacial score (nSPS) is 11.0. The first-order valence-corrected chi connectivity index (χ1v) is 6.30. The van der Waals surface area contributed by atoms with Gasteiger partial charge < -0.3 is 19.9 Å². The highest BCUT2D eigenvalue weighted by molar-refractivity contribution is 6.01. The zero-order valence-corrected chi connectivity index (χ0v) is 12.3. The van der Waals surface area contributed by atoms with Crippen LogP contribution in [0.25, 0.3) is 0 Å². The lowest BCUT2D eigenvalue weighted by atomic mass is 10.1. The smallest absolute Gasteiger partial charge is 0.344 e. The number of nitriles is 1. The second-order valence-corrected chi connectivity index (χ2v) is 4.19. The van der Waals surface area contributed by atoms with Crippen LogP contribution in [0.15, 0.2) is 35.5 Å². The third-order valence-corrected chi connectivity index (χ3v) is 2.56. The van der Waals surface area contributed by atoms with Crippen molar-refractivity contribution >= 4 is 11.8 Å². The quantitative estimate of drug-likeness (QED) is 0.453. The van der Waals surface area contributed by atoms with Crippen LogP contribution in [0.3, 0.4) is 0 Å². The minimum atomic E-state index is -0.744. The Morgan fingerprint density at radius 1 is 1.23 bits per heavy atom. The topological polar surface area (TPSA) is 112 Å². The van der Waals surface area contributed by atoms with Crippen LogP contribution in [0.4, 0.5) is 0 Å². The summed E-state index contributed by atoms with van der Waals surface area (Å²) in [7, 11) is 1.48. The highest BCUT2D eigenvalue weighted by Crippen LogP contribution is 2.25. The Balaban J connectivity index is 2.50. The zero-order chi connectivity index (χ0) is 16.5. The van der Waals surface area contributed by atoms with Crippen molar-refractivity contribution in [2.24, 2.45) is 5.73 Å². The van der Waals surface area contributed by atoms with Crippen molar-refractivity contribution in [1.82, 2.24) is 0 Å². The van der Waals surface area contributed by atoms with Gasteiger partial charge in [0, 0.05) is 5.70 Å². The van der Waals surface area contributed by atoms with Gasteiger partial charge in [0.05, 0.1) is 7.11 Å². The molecule has 0 saturated heterocycles. The Labute approximate surface area is 127 Å². The number of benzene rings is 1. The van der Waals surface area contributed by atoms with E-state index >= 15 is 0 Å². The van der Waals surface area contributed by atoms with Crippen LogP contribution in [0.1, 0.15) is 6.92 Å². The molecule has 1 rings (SSSR count). The number of allylic oxidation sites excluding steroid dienone is 1. The first-order chi connectivity index (χ1) is 10.5. The number of rotatable bonds is 7. The highest BCUT2D eigenvalue weighted by Gasteiger charge is 2.15. The van der Waals surface area contributed by atoms with Gasteiger partial charge in [0.1, 0.15) is 11.6 Å². The van der Waals surface area contributed by atoms with Crippen molar-refractivity contribution in [2.45, 2.75) is 6.92 Å². The van der Waals surface area contributed by atoms with Crippen LogP contribution in [0.2, 0.25) is 0 Å². The predicted molar refractivity (Wildman–Crippen MR) is 77.0 cm³/mol. The van der Waals surface area contributed by atoms with Crippen LogP contribution in [-0.4, -0.2) is 32.1 Å². The molecule has 1 aromatic carbocycles. The Kier molecular flexibility index (Phi) is 6.44. The summed E-state index contributed by atoms with van der Waals surface area (Å²) >= 11 is 0. The molecule has 0 aliphatic carbocycles. The summed E-state index contributed by atoms with van der Waals surface area (Å²) in [5, 5.41) is 8.75. The van der Waals surface area contributed by atoms with Crippen LogP contribution in [0, 0.1) is 11.3 Å². The lowest BCUT2D eigenvalue weighted by Crippen LogP contribution is -2.21. The van der Waals surface area contributed by atoms with E-state index < -0.39 is 18.4 Å². The Hall–Kier alpha value is -3.01. The van der Waals surface area contributed by atoms with Gasteiger partial charge in [-0.25, -0.2) is 4.79 Å².